The minimum absolute atomic E-state index is 0.0151. The van der Waals surface area contributed by atoms with Gasteiger partial charge in [-0.3, -0.25) is 14.6 Å². The highest BCUT2D eigenvalue weighted by molar-refractivity contribution is 5.92. The van der Waals surface area contributed by atoms with Crippen LogP contribution in [0.2, 0.25) is 0 Å². The van der Waals surface area contributed by atoms with E-state index >= 15 is 0 Å². The van der Waals surface area contributed by atoms with Crippen LogP contribution in [0.5, 0.6) is 0 Å². The number of carbonyl (C=O) groups is 1. The van der Waals surface area contributed by atoms with Crippen LogP contribution in [0.1, 0.15) is 48.8 Å². The molecule has 0 saturated carbocycles. The molecule has 0 unspecified atom stereocenters. The zero-order valence-corrected chi connectivity index (χ0v) is 19.6. The smallest absolute Gasteiger partial charge is 0.238 e. The van der Waals surface area contributed by atoms with Crippen LogP contribution in [0.4, 0.5) is 5.69 Å². The first-order chi connectivity index (χ1) is 16.1. The van der Waals surface area contributed by atoms with Gasteiger partial charge in [-0.1, -0.05) is 36.4 Å². The summed E-state index contributed by atoms with van der Waals surface area (Å²) < 4.78 is 0. The minimum atomic E-state index is -0.416. The number of hydrogen-bond donors (Lipinski definition) is 2. The van der Waals surface area contributed by atoms with E-state index in [1.807, 2.05) is 6.07 Å². The summed E-state index contributed by atoms with van der Waals surface area (Å²) in [6, 6.07) is 17.0. The largest absolute Gasteiger partial charge is 0.390 e. The summed E-state index contributed by atoms with van der Waals surface area (Å²) >= 11 is 0. The Kier molecular flexibility index (Phi) is 6.81. The van der Waals surface area contributed by atoms with Crippen LogP contribution in [0.25, 0.3) is 0 Å². The Morgan fingerprint density at radius 2 is 1.82 bits per heavy atom. The van der Waals surface area contributed by atoms with E-state index < -0.39 is 6.10 Å². The first kappa shape index (κ1) is 22.6. The van der Waals surface area contributed by atoms with Gasteiger partial charge in [-0.25, -0.2) is 0 Å². The van der Waals surface area contributed by atoms with Gasteiger partial charge in [-0.05, 0) is 86.7 Å². The average molecular weight is 448 g/mol. The van der Waals surface area contributed by atoms with E-state index in [0.717, 1.165) is 63.8 Å². The van der Waals surface area contributed by atoms with Crippen LogP contribution in [0, 0.1) is 0 Å². The summed E-state index contributed by atoms with van der Waals surface area (Å²) in [7, 11) is 0. The minimum Gasteiger partial charge on any atom is -0.390 e. The monoisotopic (exact) mass is 447 g/mol. The van der Waals surface area contributed by atoms with Crippen molar-refractivity contribution < 1.29 is 9.90 Å². The van der Waals surface area contributed by atoms with Crippen molar-refractivity contribution in [3.05, 3.63) is 65.2 Å². The molecule has 0 bridgehead atoms. The Labute approximate surface area is 197 Å². The number of nitrogens with zero attached hydrogens (tertiary/aromatic N) is 2. The number of aliphatic hydroxyl groups excluding tert-OH is 1. The Bertz CT molecular complexity index is 963. The first-order valence-electron chi connectivity index (χ1n) is 12.7. The van der Waals surface area contributed by atoms with E-state index in [0.29, 0.717) is 13.1 Å². The number of fused-ring (bicyclic) bond motifs is 1. The summed E-state index contributed by atoms with van der Waals surface area (Å²) in [6.45, 7) is 3.81. The number of β-amino-alcohol motifs (C(OH)–C–C–N with tert-alkyl or cyclic N) is 1. The first-order valence-corrected chi connectivity index (χ1v) is 12.7. The molecule has 3 aliphatic rings. The number of rotatable bonds is 6. The standard InChI is InChI=1S/C28H37N3O2/c32-26-20-30(21-27(33)29-25-12-11-23-9-4-5-10-24(23)19-25)18-15-28(26)14-6-16-31(28)17-13-22-7-2-1-3-8-22/h1-3,7-8,11-12,19,26,32H,4-6,9-10,13-18,20-21H2,(H,29,33)/t26-,28-/m0/s1. The number of aliphatic hydroxyl groups is 1. The van der Waals surface area contributed by atoms with Crippen molar-refractivity contribution in [3.8, 4) is 0 Å². The number of anilines is 1. The number of benzene rings is 2. The highest BCUT2D eigenvalue weighted by atomic mass is 16.3. The summed E-state index contributed by atoms with van der Waals surface area (Å²) in [5, 5.41) is 14.3. The Morgan fingerprint density at radius 3 is 2.64 bits per heavy atom. The van der Waals surface area contributed by atoms with Crippen molar-refractivity contribution in [2.45, 2.75) is 63.0 Å². The maximum absolute atomic E-state index is 12.7. The molecule has 2 saturated heterocycles. The van der Waals surface area contributed by atoms with Crippen LogP contribution in [-0.2, 0) is 24.1 Å². The Morgan fingerprint density at radius 1 is 1.00 bits per heavy atom. The zero-order chi connectivity index (χ0) is 22.7. The van der Waals surface area contributed by atoms with Gasteiger partial charge in [0.25, 0.3) is 0 Å². The highest BCUT2D eigenvalue weighted by Gasteiger charge is 2.49. The van der Waals surface area contributed by atoms with Gasteiger partial charge in [0, 0.05) is 30.9 Å². The third kappa shape index (κ3) is 5.01. The van der Waals surface area contributed by atoms with Crippen molar-refractivity contribution in [2.75, 3.05) is 38.0 Å². The molecule has 176 valence electrons. The molecule has 5 heteroatoms. The number of likely N-dealkylation sites (tertiary alicyclic amines) is 2. The molecule has 1 amide bonds. The molecule has 33 heavy (non-hydrogen) atoms. The molecule has 2 aliphatic heterocycles. The summed E-state index contributed by atoms with van der Waals surface area (Å²) in [5.74, 6) is 0.0151. The fourth-order valence-electron chi connectivity index (χ4n) is 6.24. The molecule has 5 nitrogen and oxygen atoms in total. The number of piperidine rings is 1. The number of nitrogens with one attached hydrogen (secondary N) is 1. The van der Waals surface area contributed by atoms with E-state index in [2.05, 4.69) is 57.6 Å². The van der Waals surface area contributed by atoms with Crippen molar-refractivity contribution in [1.29, 1.82) is 0 Å². The third-order valence-electron chi connectivity index (χ3n) is 8.09. The van der Waals surface area contributed by atoms with Crippen LogP contribution < -0.4 is 5.32 Å². The fraction of sp³-hybridized carbons (Fsp3) is 0.536. The molecule has 1 aliphatic carbocycles. The van der Waals surface area contributed by atoms with Crippen molar-refractivity contribution in [1.82, 2.24) is 9.80 Å². The number of aryl methyl sites for hydroxylation is 2. The second-order valence-corrected chi connectivity index (χ2v) is 10.2. The molecule has 2 aromatic rings. The second kappa shape index (κ2) is 9.96. The van der Waals surface area contributed by atoms with Gasteiger partial charge < -0.3 is 10.4 Å². The summed E-state index contributed by atoms with van der Waals surface area (Å²) in [6.07, 6.45) is 8.49. The quantitative estimate of drug-likeness (QED) is 0.710. The second-order valence-electron chi connectivity index (χ2n) is 10.2. The normalized spacial score (nSPS) is 25.8. The lowest BCUT2D eigenvalue weighted by atomic mass is 9.82. The van der Waals surface area contributed by atoms with Gasteiger partial charge in [0.05, 0.1) is 12.6 Å². The SMILES string of the molecule is O=C(CN1CC[C@@]2(CCCN2CCc2ccccc2)[C@@H](O)C1)Nc1ccc2c(c1)CCCC2. The van der Waals surface area contributed by atoms with E-state index in [1.165, 1.54) is 29.5 Å². The van der Waals surface area contributed by atoms with E-state index in [9.17, 15) is 9.90 Å². The van der Waals surface area contributed by atoms with Crippen molar-refractivity contribution in [2.24, 2.45) is 0 Å². The van der Waals surface area contributed by atoms with Gasteiger partial charge in [0.2, 0.25) is 5.91 Å². The lowest BCUT2D eigenvalue weighted by Crippen LogP contribution is -2.62. The molecule has 0 aromatic heterocycles. The van der Waals surface area contributed by atoms with Crippen LogP contribution >= 0.6 is 0 Å². The molecule has 2 aromatic carbocycles. The summed E-state index contributed by atoms with van der Waals surface area (Å²) in [4.78, 5) is 17.4. The predicted octanol–water partition coefficient (Wildman–Crippen LogP) is 3.65. The maximum Gasteiger partial charge on any atom is 0.238 e. The molecule has 2 atom stereocenters. The molecule has 2 fully saturated rings. The van der Waals surface area contributed by atoms with Gasteiger partial charge in [0.1, 0.15) is 0 Å². The average Bonchev–Trinajstić information content (AvgIpc) is 3.24. The van der Waals surface area contributed by atoms with Gasteiger partial charge >= 0.3 is 0 Å². The molecule has 1 spiro atoms. The zero-order valence-electron chi connectivity index (χ0n) is 19.6. The third-order valence-corrected chi connectivity index (χ3v) is 8.09. The molecule has 2 N–H and O–H groups in total. The van der Waals surface area contributed by atoms with Crippen LogP contribution in [-0.4, -0.2) is 65.2 Å². The van der Waals surface area contributed by atoms with Crippen LogP contribution in [0.3, 0.4) is 0 Å². The fourth-order valence-corrected chi connectivity index (χ4v) is 6.24. The van der Waals surface area contributed by atoms with Gasteiger partial charge in [-0.2, -0.15) is 0 Å². The van der Waals surface area contributed by atoms with Crippen LogP contribution in [0.15, 0.2) is 48.5 Å². The lowest BCUT2D eigenvalue weighted by molar-refractivity contribution is -0.120. The Balaban J connectivity index is 1.15. The Hall–Kier alpha value is -2.21. The molecular weight excluding hydrogens is 410 g/mol. The van der Waals surface area contributed by atoms with Gasteiger partial charge in [-0.15, -0.1) is 0 Å². The van der Waals surface area contributed by atoms with E-state index in [-0.39, 0.29) is 11.4 Å². The number of carbonyl (C=O) groups excluding carboxylic acids is 1. The molecule has 2 heterocycles. The number of amides is 1. The van der Waals surface area contributed by atoms with Crippen molar-refractivity contribution in [3.63, 3.8) is 0 Å². The molecule has 5 rings (SSSR count). The predicted molar refractivity (Wildman–Crippen MR) is 132 cm³/mol. The maximum atomic E-state index is 12.7. The molecule has 0 radical (unpaired) electrons. The van der Waals surface area contributed by atoms with Crippen molar-refractivity contribution >= 4 is 11.6 Å². The van der Waals surface area contributed by atoms with E-state index in [4.69, 9.17) is 0 Å². The van der Waals surface area contributed by atoms with Gasteiger partial charge in [0.15, 0.2) is 0 Å². The highest BCUT2D eigenvalue weighted by Crippen LogP contribution is 2.38. The number of hydrogen-bond acceptors (Lipinski definition) is 4. The summed E-state index contributed by atoms with van der Waals surface area (Å²) in [5.41, 5.74) is 4.94. The van der Waals surface area contributed by atoms with E-state index in [1.54, 1.807) is 0 Å². The lowest BCUT2D eigenvalue weighted by Gasteiger charge is -2.48. The topological polar surface area (TPSA) is 55.8 Å². The molecular formula is C28H37N3O2.